The molecule has 0 spiro atoms. The van der Waals surface area contributed by atoms with Gasteiger partial charge >= 0.3 is 0 Å². The molecule has 9 nitrogen and oxygen atoms in total. The largest absolute Gasteiger partial charge is 0.490 e. The maximum atomic E-state index is 13.5. The van der Waals surface area contributed by atoms with Crippen molar-refractivity contribution in [3.8, 4) is 5.75 Å². The number of fused-ring (bicyclic) bond motifs is 1. The molecule has 1 N–H and O–H groups in total. The molecule has 4 heterocycles. The highest BCUT2D eigenvalue weighted by atomic mass is 35.5. The second kappa shape index (κ2) is 12.1. The van der Waals surface area contributed by atoms with Gasteiger partial charge in [-0.15, -0.1) is 11.6 Å². The van der Waals surface area contributed by atoms with Gasteiger partial charge in [-0.05, 0) is 62.1 Å². The third-order valence-corrected chi connectivity index (χ3v) is 8.71. The molecule has 0 unspecified atom stereocenters. The van der Waals surface area contributed by atoms with Crippen molar-refractivity contribution in [2.24, 2.45) is 0 Å². The highest BCUT2D eigenvalue weighted by molar-refractivity contribution is 6.17. The van der Waals surface area contributed by atoms with Crippen molar-refractivity contribution in [3.63, 3.8) is 0 Å². The van der Waals surface area contributed by atoms with Crippen LogP contribution in [-0.2, 0) is 5.88 Å². The normalized spacial score (nSPS) is 16.2. The Morgan fingerprint density at radius 1 is 1.02 bits per heavy atom. The molecular weight excluding hydrogens is 552 g/mol. The van der Waals surface area contributed by atoms with Gasteiger partial charge in [0.25, 0.3) is 5.56 Å². The van der Waals surface area contributed by atoms with Crippen LogP contribution in [0.3, 0.4) is 0 Å². The Morgan fingerprint density at radius 3 is 2.40 bits per heavy atom. The molecule has 1 aliphatic carbocycles. The molecule has 3 aromatic heterocycles. The molecule has 1 aromatic carbocycles. The number of ether oxygens (including phenoxy) is 1. The second-order valence-corrected chi connectivity index (χ2v) is 11.5. The minimum absolute atomic E-state index is 0.0355. The molecule has 1 saturated heterocycles. The van der Waals surface area contributed by atoms with E-state index in [9.17, 15) is 9.59 Å². The molecule has 10 heteroatoms. The van der Waals surface area contributed by atoms with Crippen LogP contribution >= 0.6 is 11.6 Å². The lowest BCUT2D eigenvalue weighted by Crippen LogP contribution is -2.38. The van der Waals surface area contributed by atoms with Crippen LogP contribution in [0.25, 0.3) is 11.0 Å². The summed E-state index contributed by atoms with van der Waals surface area (Å²) in [7, 11) is 0. The van der Waals surface area contributed by atoms with Gasteiger partial charge in [0.15, 0.2) is 5.78 Å². The zero-order valence-corrected chi connectivity index (χ0v) is 24.7. The highest BCUT2D eigenvalue weighted by Crippen LogP contribution is 2.32. The fourth-order valence-electron chi connectivity index (χ4n) is 6.14. The van der Waals surface area contributed by atoms with Crippen LogP contribution in [0.2, 0.25) is 0 Å². The first-order valence-corrected chi connectivity index (χ1v) is 15.2. The monoisotopic (exact) mass is 586 g/mol. The maximum Gasteiger partial charge on any atom is 0.263 e. The first-order valence-electron chi connectivity index (χ1n) is 14.6. The molecule has 1 saturated carbocycles. The third kappa shape index (κ3) is 5.70. The summed E-state index contributed by atoms with van der Waals surface area (Å²) in [6, 6.07) is 12.0. The number of halogens is 1. The van der Waals surface area contributed by atoms with Crippen molar-refractivity contribution in [2.75, 3.05) is 23.3 Å². The number of alkyl halides is 1. The van der Waals surface area contributed by atoms with Gasteiger partial charge < -0.3 is 15.0 Å². The third-order valence-electron chi connectivity index (χ3n) is 8.40. The average Bonchev–Trinajstić information content (AvgIpc) is 3.53. The number of ketones is 1. The molecule has 0 atom stereocenters. The van der Waals surface area contributed by atoms with Crippen LogP contribution in [0.1, 0.15) is 73.0 Å². The van der Waals surface area contributed by atoms with E-state index in [4.69, 9.17) is 26.3 Å². The number of nitrogens with one attached hydrogen (secondary N) is 1. The van der Waals surface area contributed by atoms with Crippen LogP contribution in [0.4, 0.5) is 17.5 Å². The number of aryl methyl sites for hydroxylation is 1. The molecule has 2 aliphatic rings. The van der Waals surface area contributed by atoms with Gasteiger partial charge in [0.1, 0.15) is 23.3 Å². The van der Waals surface area contributed by atoms with Gasteiger partial charge in [-0.25, -0.2) is 9.97 Å². The molecule has 0 bridgehead atoms. The molecule has 6 rings (SSSR count). The van der Waals surface area contributed by atoms with Crippen LogP contribution < -0.4 is 20.5 Å². The molecule has 0 radical (unpaired) electrons. The minimum Gasteiger partial charge on any atom is -0.490 e. The fraction of sp³-hybridized carbons (Fsp3) is 0.406. The minimum atomic E-state index is -0.256. The Labute approximate surface area is 249 Å². The average molecular weight is 587 g/mol. The molecule has 1 aliphatic heterocycles. The quantitative estimate of drug-likeness (QED) is 0.188. The zero-order chi connectivity index (χ0) is 29.2. The van der Waals surface area contributed by atoms with E-state index in [1.54, 1.807) is 23.9 Å². The van der Waals surface area contributed by atoms with E-state index in [2.05, 4.69) is 15.2 Å². The van der Waals surface area contributed by atoms with Gasteiger partial charge in [-0.2, -0.15) is 4.98 Å². The van der Waals surface area contributed by atoms with E-state index < -0.39 is 0 Å². The number of rotatable bonds is 8. The lowest BCUT2D eigenvalue weighted by Gasteiger charge is -2.33. The van der Waals surface area contributed by atoms with Gasteiger partial charge in [0.2, 0.25) is 5.95 Å². The number of anilines is 3. The molecular formula is C32H35ClN6O3. The summed E-state index contributed by atoms with van der Waals surface area (Å²) in [6.07, 6.45) is 9.40. The molecule has 42 heavy (non-hydrogen) atoms. The number of piperidine rings is 1. The molecule has 2 fully saturated rings. The summed E-state index contributed by atoms with van der Waals surface area (Å²) in [5.74, 6) is 2.44. The topological polar surface area (TPSA) is 102 Å². The Balaban J connectivity index is 1.15. The van der Waals surface area contributed by atoms with Crippen molar-refractivity contribution < 1.29 is 9.53 Å². The van der Waals surface area contributed by atoms with Gasteiger partial charge in [0.05, 0.1) is 17.4 Å². The smallest absolute Gasteiger partial charge is 0.263 e. The van der Waals surface area contributed by atoms with E-state index in [0.29, 0.717) is 23.0 Å². The fourth-order valence-corrected chi connectivity index (χ4v) is 6.32. The van der Waals surface area contributed by atoms with Crippen LogP contribution in [0.5, 0.6) is 5.75 Å². The zero-order valence-electron chi connectivity index (χ0n) is 24.0. The SMILES string of the molecule is CC(=O)c1c(C)c2cnc(Nc3ccc(N4CCC(Oc5ccc(CCl)cc5)CC4)nc3)nc2n(C2CCCC2)c1=O. The van der Waals surface area contributed by atoms with Crippen molar-refractivity contribution in [2.45, 2.75) is 70.4 Å². The number of pyridine rings is 2. The van der Waals surface area contributed by atoms with E-state index >= 15 is 0 Å². The van der Waals surface area contributed by atoms with Crippen molar-refractivity contribution in [1.82, 2.24) is 19.5 Å². The van der Waals surface area contributed by atoms with Crippen LogP contribution in [-0.4, -0.2) is 44.5 Å². The Kier molecular flexibility index (Phi) is 8.11. The number of aromatic nitrogens is 4. The number of carbonyl (C=O) groups is 1. The van der Waals surface area contributed by atoms with Crippen molar-refractivity contribution in [1.29, 1.82) is 0 Å². The van der Waals surface area contributed by atoms with Crippen molar-refractivity contribution >= 4 is 45.9 Å². The lowest BCUT2D eigenvalue weighted by atomic mass is 10.0. The van der Waals surface area contributed by atoms with E-state index in [1.165, 1.54) is 6.92 Å². The predicted molar refractivity (Wildman–Crippen MR) is 165 cm³/mol. The molecule has 4 aromatic rings. The number of Topliss-reactive ketones (excluding diaryl/α,β-unsaturated/α-hetero) is 1. The summed E-state index contributed by atoms with van der Waals surface area (Å²) in [5.41, 5.74) is 3.01. The highest BCUT2D eigenvalue weighted by Gasteiger charge is 2.26. The number of benzene rings is 1. The van der Waals surface area contributed by atoms with E-state index in [0.717, 1.165) is 79.8 Å². The van der Waals surface area contributed by atoms with Gasteiger partial charge in [-0.1, -0.05) is 25.0 Å². The van der Waals surface area contributed by atoms with E-state index in [1.807, 2.05) is 36.4 Å². The Bertz CT molecular complexity index is 1640. The summed E-state index contributed by atoms with van der Waals surface area (Å²) in [5, 5.41) is 3.98. The number of nitrogens with zero attached hydrogens (tertiary/aromatic N) is 5. The van der Waals surface area contributed by atoms with Gasteiger partial charge in [-0.3, -0.25) is 14.2 Å². The first kappa shape index (κ1) is 28.2. The Morgan fingerprint density at radius 2 is 1.76 bits per heavy atom. The van der Waals surface area contributed by atoms with Gasteiger partial charge in [0, 0.05) is 49.4 Å². The summed E-state index contributed by atoms with van der Waals surface area (Å²) < 4.78 is 7.90. The van der Waals surface area contributed by atoms with E-state index in [-0.39, 0.29) is 29.1 Å². The number of hydrogen-bond donors (Lipinski definition) is 1. The lowest BCUT2D eigenvalue weighted by molar-refractivity contribution is 0.101. The molecule has 0 amide bonds. The Hall–Kier alpha value is -3.98. The summed E-state index contributed by atoms with van der Waals surface area (Å²) >= 11 is 5.89. The van der Waals surface area contributed by atoms with Crippen LogP contribution in [0.15, 0.2) is 53.6 Å². The number of hydrogen-bond acceptors (Lipinski definition) is 8. The number of carbonyl (C=O) groups excluding carboxylic acids is 1. The standard InChI is InChI=1S/C32H35ClN6O3/c1-20-27-19-35-32(37-30(27)39(24-5-3-4-6-24)31(41)29(20)21(2)40)36-23-9-12-28(34-18-23)38-15-13-26(14-16-38)42-25-10-7-22(17-33)8-11-25/h7-12,18-19,24,26H,3-6,13-17H2,1-2H3,(H,35,36,37). The predicted octanol–water partition coefficient (Wildman–Crippen LogP) is 6.34. The van der Waals surface area contributed by atoms with Crippen LogP contribution in [0, 0.1) is 6.92 Å². The summed E-state index contributed by atoms with van der Waals surface area (Å²) in [6.45, 7) is 4.96. The molecule has 218 valence electrons. The van der Waals surface area contributed by atoms with Crippen molar-refractivity contribution in [3.05, 3.63) is 75.8 Å². The first-order chi connectivity index (χ1) is 20.4. The second-order valence-electron chi connectivity index (χ2n) is 11.2. The maximum absolute atomic E-state index is 13.5. The summed E-state index contributed by atoms with van der Waals surface area (Å²) in [4.78, 5) is 42.1.